The summed E-state index contributed by atoms with van der Waals surface area (Å²) < 4.78 is 16.3. The van der Waals surface area contributed by atoms with Gasteiger partial charge in [-0.2, -0.15) is 0 Å². The van der Waals surface area contributed by atoms with Crippen LogP contribution in [-0.4, -0.2) is 17.3 Å². The predicted molar refractivity (Wildman–Crippen MR) is 139 cm³/mol. The van der Waals surface area contributed by atoms with Crippen LogP contribution in [0.1, 0.15) is 78.5 Å². The Morgan fingerprint density at radius 2 is 1.71 bits per heavy atom. The number of nitrogens with zero attached hydrogens (tertiary/aromatic N) is 1. The minimum absolute atomic E-state index is 0.146. The summed E-state index contributed by atoms with van der Waals surface area (Å²) in [5.41, 5.74) is 8.70. The monoisotopic (exact) mass is 471 g/mol. The van der Waals surface area contributed by atoms with E-state index in [0.29, 0.717) is 0 Å². The Balaban J connectivity index is 1.46. The number of hydrogen-bond donors (Lipinski definition) is 0. The summed E-state index contributed by atoms with van der Waals surface area (Å²) in [5.74, 6) is 1.31. The second-order valence-electron chi connectivity index (χ2n) is 9.85. The SMILES string of the molecule is CCN([C@H](C)c1ccccc1)P1Oc2ccc3c(c2[C@@H]2c4ccccc4CCC2O1)CCCC3. The van der Waals surface area contributed by atoms with E-state index >= 15 is 0 Å². The summed E-state index contributed by atoms with van der Waals surface area (Å²) >= 11 is 0. The molecular weight excluding hydrogens is 437 g/mol. The third kappa shape index (κ3) is 3.88. The Hall–Kier alpha value is -2.19. The minimum Gasteiger partial charge on any atom is -0.435 e. The number of hydrogen-bond acceptors (Lipinski definition) is 3. The first-order valence-corrected chi connectivity index (χ1v) is 14.1. The maximum atomic E-state index is 7.01. The molecule has 1 heterocycles. The summed E-state index contributed by atoms with van der Waals surface area (Å²) in [6.45, 7) is 5.39. The molecule has 3 aromatic carbocycles. The maximum absolute atomic E-state index is 7.01. The van der Waals surface area contributed by atoms with Crippen molar-refractivity contribution in [3.05, 3.63) is 100 Å². The van der Waals surface area contributed by atoms with Crippen molar-refractivity contribution in [2.24, 2.45) is 0 Å². The van der Waals surface area contributed by atoms with Crippen LogP contribution >= 0.6 is 8.53 Å². The summed E-state index contributed by atoms with van der Waals surface area (Å²) in [6.07, 6.45) is 7.16. The maximum Gasteiger partial charge on any atom is 0.321 e. The van der Waals surface area contributed by atoms with E-state index in [1.807, 2.05) is 0 Å². The average Bonchev–Trinajstić information content (AvgIpc) is 3.06. The summed E-state index contributed by atoms with van der Waals surface area (Å²) in [7, 11) is -1.22. The Bertz CT molecular complexity index is 1160. The molecule has 0 amide bonds. The first-order chi connectivity index (χ1) is 16.7. The van der Waals surface area contributed by atoms with Gasteiger partial charge in [0, 0.05) is 24.1 Å². The number of benzene rings is 3. The lowest BCUT2D eigenvalue weighted by Gasteiger charge is -2.36. The van der Waals surface area contributed by atoms with Gasteiger partial charge in [0.15, 0.2) is 0 Å². The molecule has 0 spiro atoms. The molecule has 0 aromatic heterocycles. The van der Waals surface area contributed by atoms with Crippen LogP contribution in [-0.2, 0) is 23.8 Å². The molecule has 0 saturated heterocycles. The Kier molecular flexibility index (Phi) is 6.20. The van der Waals surface area contributed by atoms with E-state index in [1.54, 1.807) is 0 Å². The second kappa shape index (κ2) is 9.46. The highest BCUT2D eigenvalue weighted by Gasteiger charge is 2.43. The molecule has 0 radical (unpaired) electrons. The third-order valence-electron chi connectivity index (χ3n) is 7.97. The van der Waals surface area contributed by atoms with E-state index in [4.69, 9.17) is 9.05 Å². The summed E-state index contributed by atoms with van der Waals surface area (Å²) in [4.78, 5) is 0. The van der Waals surface area contributed by atoms with Crippen molar-refractivity contribution in [2.75, 3.05) is 6.54 Å². The van der Waals surface area contributed by atoms with Gasteiger partial charge < -0.3 is 9.05 Å². The van der Waals surface area contributed by atoms with Crippen molar-refractivity contribution in [1.29, 1.82) is 0 Å². The lowest BCUT2D eigenvalue weighted by molar-refractivity contribution is 0.150. The molecule has 0 fully saturated rings. The van der Waals surface area contributed by atoms with E-state index in [1.165, 1.54) is 52.6 Å². The molecule has 6 rings (SSSR count). The van der Waals surface area contributed by atoms with E-state index in [-0.39, 0.29) is 18.1 Å². The van der Waals surface area contributed by atoms with Crippen molar-refractivity contribution in [3.8, 4) is 5.75 Å². The molecule has 3 aliphatic rings. The largest absolute Gasteiger partial charge is 0.435 e. The quantitative estimate of drug-likeness (QED) is 0.363. The lowest BCUT2D eigenvalue weighted by atomic mass is 9.73. The highest BCUT2D eigenvalue weighted by molar-refractivity contribution is 7.45. The average molecular weight is 472 g/mol. The Morgan fingerprint density at radius 3 is 2.56 bits per heavy atom. The van der Waals surface area contributed by atoms with E-state index in [9.17, 15) is 0 Å². The van der Waals surface area contributed by atoms with Gasteiger partial charge in [-0.1, -0.05) is 67.6 Å². The van der Waals surface area contributed by atoms with Gasteiger partial charge >= 0.3 is 8.53 Å². The third-order valence-corrected chi connectivity index (χ3v) is 9.83. The molecule has 4 heteroatoms. The molecule has 4 atom stereocenters. The molecule has 0 N–H and O–H groups in total. The van der Waals surface area contributed by atoms with Crippen molar-refractivity contribution >= 4 is 8.53 Å². The van der Waals surface area contributed by atoms with Crippen LogP contribution in [0.3, 0.4) is 0 Å². The van der Waals surface area contributed by atoms with Gasteiger partial charge in [-0.25, -0.2) is 4.67 Å². The summed E-state index contributed by atoms with van der Waals surface area (Å²) in [6, 6.07) is 24.6. The van der Waals surface area contributed by atoms with E-state index in [0.717, 1.165) is 31.6 Å². The number of rotatable bonds is 4. The van der Waals surface area contributed by atoms with Crippen LogP contribution in [0.25, 0.3) is 0 Å². The van der Waals surface area contributed by atoms with Crippen LogP contribution in [0.2, 0.25) is 0 Å². The highest BCUT2D eigenvalue weighted by Crippen LogP contribution is 2.58. The summed E-state index contributed by atoms with van der Waals surface area (Å²) in [5, 5.41) is 0. The predicted octanol–water partition coefficient (Wildman–Crippen LogP) is 7.73. The van der Waals surface area contributed by atoms with Gasteiger partial charge in [0.25, 0.3) is 0 Å². The second-order valence-corrected chi connectivity index (χ2v) is 11.2. The van der Waals surface area contributed by atoms with Crippen LogP contribution in [0.15, 0.2) is 66.7 Å². The first-order valence-electron chi connectivity index (χ1n) is 12.9. The van der Waals surface area contributed by atoms with Crippen molar-refractivity contribution < 1.29 is 9.05 Å². The van der Waals surface area contributed by atoms with Gasteiger partial charge in [0.2, 0.25) is 0 Å². The lowest BCUT2D eigenvalue weighted by Crippen LogP contribution is -2.30. The molecule has 0 bridgehead atoms. The zero-order valence-corrected chi connectivity index (χ0v) is 21.1. The first kappa shape index (κ1) is 22.3. The molecule has 2 unspecified atom stereocenters. The van der Waals surface area contributed by atoms with Gasteiger partial charge in [-0.3, -0.25) is 0 Å². The highest BCUT2D eigenvalue weighted by atomic mass is 31.2. The van der Waals surface area contributed by atoms with Crippen LogP contribution in [0, 0.1) is 0 Å². The van der Waals surface area contributed by atoms with E-state index in [2.05, 4.69) is 85.2 Å². The molecule has 0 saturated carbocycles. The zero-order chi connectivity index (χ0) is 23.1. The van der Waals surface area contributed by atoms with Gasteiger partial charge in [-0.05, 0) is 79.3 Å². The van der Waals surface area contributed by atoms with Gasteiger partial charge in [0.1, 0.15) is 5.75 Å². The van der Waals surface area contributed by atoms with E-state index < -0.39 is 8.53 Å². The van der Waals surface area contributed by atoms with Crippen LogP contribution < -0.4 is 4.52 Å². The van der Waals surface area contributed by atoms with Crippen molar-refractivity contribution in [1.82, 2.24) is 4.67 Å². The molecule has 176 valence electrons. The molecule has 2 aliphatic carbocycles. The molecule has 1 aliphatic heterocycles. The van der Waals surface area contributed by atoms with Crippen molar-refractivity contribution in [2.45, 2.75) is 70.4 Å². The smallest absolute Gasteiger partial charge is 0.321 e. The Labute approximate surface area is 205 Å². The Morgan fingerprint density at radius 1 is 0.912 bits per heavy atom. The topological polar surface area (TPSA) is 21.7 Å². The molecule has 34 heavy (non-hydrogen) atoms. The molecule has 3 nitrogen and oxygen atoms in total. The molecular formula is C30H34NO2P. The fourth-order valence-electron chi connectivity index (χ4n) is 6.21. The zero-order valence-electron chi connectivity index (χ0n) is 20.2. The van der Waals surface area contributed by atoms with Gasteiger partial charge in [0.05, 0.1) is 6.10 Å². The van der Waals surface area contributed by atoms with Crippen LogP contribution in [0.4, 0.5) is 0 Å². The fraction of sp³-hybridized carbons (Fsp3) is 0.400. The van der Waals surface area contributed by atoms with Crippen molar-refractivity contribution in [3.63, 3.8) is 0 Å². The number of aryl methyl sites for hydroxylation is 2. The number of fused-ring (bicyclic) bond motifs is 7. The molecule has 3 aromatic rings. The fourth-order valence-corrected chi connectivity index (χ4v) is 7.91. The standard InChI is InChI=1S/C30H34NO2P/c1-3-31(21(2)22-11-5-4-6-12-22)34-32-27-19-17-23-13-7-9-15-25(23)29(27)30-26-16-10-8-14-24(26)18-20-28(30)33-34/h4-7,9,11-13,15,18,20-21,27,29H,3,8,10,14,16-17,19H2,1-2H3/t21-,27?,29-,34?/m1/s1. The normalized spacial score (nSPS) is 24.1. The minimum atomic E-state index is -1.22. The van der Waals surface area contributed by atoms with Crippen LogP contribution in [0.5, 0.6) is 5.75 Å². The van der Waals surface area contributed by atoms with Gasteiger partial charge in [-0.15, -0.1) is 0 Å².